The first-order valence-corrected chi connectivity index (χ1v) is 9.93. The standard InChI is InChI=1S/C23H16ClF3N4O/c24-17-4-8-19(9-5-17)32-20-10-6-18(7-11-20)31-21(13-29-22(31)30-14-28)15-2-1-3-16(12-15)23(25,26)27/h1-12,21H,13H2,(H,29,30)/t21-/m0/s1. The molecule has 1 heterocycles. The van der Waals surface area contributed by atoms with Gasteiger partial charge in [0.05, 0.1) is 11.6 Å². The van der Waals surface area contributed by atoms with Gasteiger partial charge in [-0.2, -0.15) is 18.4 Å². The van der Waals surface area contributed by atoms with E-state index >= 15 is 0 Å². The van der Waals surface area contributed by atoms with E-state index in [1.54, 1.807) is 65.7 Å². The van der Waals surface area contributed by atoms with Crippen molar-refractivity contribution >= 4 is 23.2 Å². The molecular weight excluding hydrogens is 441 g/mol. The van der Waals surface area contributed by atoms with Gasteiger partial charge in [-0.3, -0.25) is 0 Å². The highest BCUT2D eigenvalue weighted by molar-refractivity contribution is 6.30. The van der Waals surface area contributed by atoms with Crippen molar-refractivity contribution in [3.05, 3.63) is 88.9 Å². The highest BCUT2D eigenvalue weighted by Gasteiger charge is 2.35. The minimum atomic E-state index is -4.45. The number of rotatable bonds is 4. The fourth-order valence-corrected chi connectivity index (χ4v) is 3.58. The first kappa shape index (κ1) is 21.5. The second kappa shape index (κ2) is 8.81. The molecule has 0 spiro atoms. The van der Waals surface area contributed by atoms with Gasteiger partial charge in [-0.15, -0.1) is 4.99 Å². The maximum Gasteiger partial charge on any atom is 0.416 e. The summed E-state index contributed by atoms with van der Waals surface area (Å²) in [5, 5.41) is 12.6. The van der Waals surface area contributed by atoms with E-state index in [4.69, 9.17) is 21.6 Å². The summed E-state index contributed by atoms with van der Waals surface area (Å²) in [6.45, 7) is 0.296. The van der Waals surface area contributed by atoms with Crippen LogP contribution in [-0.4, -0.2) is 12.5 Å². The molecule has 1 saturated heterocycles. The first-order valence-electron chi connectivity index (χ1n) is 9.55. The molecule has 1 atom stereocenters. The smallest absolute Gasteiger partial charge is 0.416 e. The molecular formula is C23H16ClF3N4O. The number of hydrogen-bond acceptors (Lipinski definition) is 3. The number of halogens is 4. The van der Waals surface area contributed by atoms with Gasteiger partial charge in [0.25, 0.3) is 0 Å². The second-order valence-corrected chi connectivity index (χ2v) is 7.41. The second-order valence-electron chi connectivity index (χ2n) is 6.98. The topological polar surface area (TPSA) is 60.7 Å². The molecule has 0 aromatic heterocycles. The Hall–Kier alpha value is -3.70. The third-order valence-electron chi connectivity index (χ3n) is 4.91. The minimum Gasteiger partial charge on any atom is -0.457 e. The number of aliphatic imine (C=N–C) groups is 1. The van der Waals surface area contributed by atoms with Crippen LogP contribution in [0.1, 0.15) is 17.2 Å². The number of nitrogens with one attached hydrogen (secondary N) is 1. The Morgan fingerprint density at radius 1 is 1.03 bits per heavy atom. The van der Waals surface area contributed by atoms with Gasteiger partial charge in [0.1, 0.15) is 11.5 Å². The van der Waals surface area contributed by atoms with E-state index < -0.39 is 17.8 Å². The van der Waals surface area contributed by atoms with Gasteiger partial charge in [-0.1, -0.05) is 23.7 Å². The van der Waals surface area contributed by atoms with Gasteiger partial charge in [0.2, 0.25) is 12.2 Å². The van der Waals surface area contributed by atoms with E-state index in [0.29, 0.717) is 34.3 Å². The molecule has 1 fully saturated rings. The Kier molecular flexibility index (Phi) is 5.93. The van der Waals surface area contributed by atoms with Crippen LogP contribution < -0.4 is 15.0 Å². The fourth-order valence-electron chi connectivity index (χ4n) is 3.46. The Bertz CT molecular complexity index is 1170. The van der Waals surface area contributed by atoms with Crippen molar-refractivity contribution in [2.75, 3.05) is 11.4 Å². The Morgan fingerprint density at radius 3 is 2.31 bits per heavy atom. The molecule has 3 aromatic rings. The lowest BCUT2D eigenvalue weighted by atomic mass is 10.0. The quantitative estimate of drug-likeness (QED) is 0.479. The third-order valence-corrected chi connectivity index (χ3v) is 5.16. The summed E-state index contributed by atoms with van der Waals surface area (Å²) in [4.78, 5) is 5.50. The summed E-state index contributed by atoms with van der Waals surface area (Å²) in [6.07, 6.45) is -2.71. The number of alkyl halides is 3. The van der Waals surface area contributed by atoms with E-state index in [1.807, 2.05) is 0 Å². The summed E-state index contributed by atoms with van der Waals surface area (Å²) < 4.78 is 45.4. The van der Waals surface area contributed by atoms with Crippen molar-refractivity contribution in [1.82, 2.24) is 5.32 Å². The summed E-state index contributed by atoms with van der Waals surface area (Å²) >= 11 is 5.88. The number of benzene rings is 3. The lowest BCUT2D eigenvalue weighted by Gasteiger charge is -2.26. The number of hydrogen-bond donors (Lipinski definition) is 1. The average Bonchev–Trinajstić information content (AvgIpc) is 3.19. The minimum absolute atomic E-state index is 0.265. The van der Waals surface area contributed by atoms with Crippen LogP contribution >= 0.6 is 11.6 Å². The first-order chi connectivity index (χ1) is 15.3. The van der Waals surface area contributed by atoms with Crippen LogP contribution in [0.15, 0.2) is 77.8 Å². The van der Waals surface area contributed by atoms with Crippen molar-refractivity contribution in [3.63, 3.8) is 0 Å². The lowest BCUT2D eigenvalue weighted by Crippen LogP contribution is -2.31. The molecule has 1 aliphatic rings. The highest BCUT2D eigenvalue weighted by atomic mass is 35.5. The molecule has 0 amide bonds. The number of nitrogens with zero attached hydrogens (tertiary/aromatic N) is 3. The van der Waals surface area contributed by atoms with E-state index in [2.05, 4.69) is 10.3 Å². The molecule has 0 unspecified atom stereocenters. The summed E-state index contributed by atoms with van der Waals surface area (Å²) in [5.41, 5.74) is 0.374. The number of nitriles is 1. The molecule has 0 radical (unpaired) electrons. The van der Waals surface area contributed by atoms with Gasteiger partial charge < -0.3 is 15.0 Å². The monoisotopic (exact) mass is 456 g/mol. The van der Waals surface area contributed by atoms with E-state index in [-0.39, 0.29) is 5.96 Å². The molecule has 162 valence electrons. The zero-order valence-electron chi connectivity index (χ0n) is 16.5. The van der Waals surface area contributed by atoms with E-state index in [9.17, 15) is 13.2 Å². The number of ether oxygens (including phenoxy) is 1. The maximum absolute atomic E-state index is 13.2. The maximum atomic E-state index is 13.2. The molecule has 0 aliphatic carbocycles. The fraction of sp³-hybridized carbons (Fsp3) is 0.130. The van der Waals surface area contributed by atoms with E-state index in [0.717, 1.165) is 12.1 Å². The van der Waals surface area contributed by atoms with Crippen molar-refractivity contribution < 1.29 is 17.9 Å². The SMILES string of the molecule is N#C/N=C1\NC[C@@H](c2cccc(C(F)(F)F)c2)N1c1ccc(Oc2ccc(Cl)cc2)cc1. The van der Waals surface area contributed by atoms with Crippen LogP contribution in [0.3, 0.4) is 0 Å². The van der Waals surface area contributed by atoms with Gasteiger partial charge in [0, 0.05) is 17.3 Å². The molecule has 9 heteroatoms. The van der Waals surface area contributed by atoms with Crippen molar-refractivity contribution in [2.45, 2.75) is 12.2 Å². The van der Waals surface area contributed by atoms with E-state index in [1.165, 1.54) is 6.07 Å². The van der Waals surface area contributed by atoms with Crippen LogP contribution in [0.2, 0.25) is 5.02 Å². The summed E-state index contributed by atoms with van der Waals surface area (Å²) in [6, 6.07) is 18.5. The van der Waals surface area contributed by atoms with Crippen LogP contribution in [0, 0.1) is 11.5 Å². The molecule has 3 aromatic carbocycles. The normalized spacial score (nSPS) is 17.2. The van der Waals surface area contributed by atoms with Crippen LogP contribution in [0.25, 0.3) is 0 Å². The molecule has 1 N–H and O–H groups in total. The molecule has 1 aliphatic heterocycles. The molecule has 0 bridgehead atoms. The molecule has 4 rings (SSSR count). The van der Waals surface area contributed by atoms with Gasteiger partial charge in [0.15, 0.2) is 0 Å². The average molecular weight is 457 g/mol. The highest BCUT2D eigenvalue weighted by Crippen LogP contribution is 2.36. The summed E-state index contributed by atoms with van der Waals surface area (Å²) in [5.74, 6) is 1.44. The van der Waals surface area contributed by atoms with Gasteiger partial charge in [-0.05, 0) is 66.2 Å². The van der Waals surface area contributed by atoms with Crippen molar-refractivity contribution in [3.8, 4) is 17.7 Å². The predicted molar refractivity (Wildman–Crippen MR) is 116 cm³/mol. The van der Waals surface area contributed by atoms with Gasteiger partial charge >= 0.3 is 6.18 Å². The predicted octanol–water partition coefficient (Wildman–Crippen LogP) is 6.14. The van der Waals surface area contributed by atoms with Crippen LogP contribution in [0.4, 0.5) is 18.9 Å². The molecule has 0 saturated carbocycles. The Labute approximate surface area is 187 Å². The van der Waals surface area contributed by atoms with Crippen LogP contribution in [0.5, 0.6) is 11.5 Å². The third kappa shape index (κ3) is 4.63. The largest absolute Gasteiger partial charge is 0.457 e. The van der Waals surface area contributed by atoms with Crippen LogP contribution in [-0.2, 0) is 6.18 Å². The Balaban J connectivity index is 1.63. The Morgan fingerprint density at radius 2 is 1.69 bits per heavy atom. The van der Waals surface area contributed by atoms with Gasteiger partial charge in [-0.25, -0.2) is 0 Å². The van der Waals surface area contributed by atoms with Crippen molar-refractivity contribution in [1.29, 1.82) is 5.26 Å². The molecule has 32 heavy (non-hydrogen) atoms. The zero-order valence-corrected chi connectivity index (χ0v) is 17.2. The molecule has 5 nitrogen and oxygen atoms in total. The zero-order chi connectivity index (χ0) is 22.7. The summed E-state index contributed by atoms with van der Waals surface area (Å²) in [7, 11) is 0. The number of anilines is 1. The van der Waals surface area contributed by atoms with Crippen molar-refractivity contribution in [2.24, 2.45) is 4.99 Å². The lowest BCUT2D eigenvalue weighted by molar-refractivity contribution is -0.137. The number of guanidine groups is 1.